The topological polar surface area (TPSA) is 26.3 Å². The van der Waals surface area contributed by atoms with Crippen molar-refractivity contribution in [2.75, 3.05) is 0 Å². The Hall–Kier alpha value is -1.31. The highest BCUT2D eigenvalue weighted by molar-refractivity contribution is 5.95. The van der Waals surface area contributed by atoms with Gasteiger partial charge in [-0.2, -0.15) is 0 Å². The Balaban J connectivity index is 2.84. The van der Waals surface area contributed by atoms with Gasteiger partial charge in [-0.3, -0.25) is 4.79 Å². The lowest BCUT2D eigenvalue weighted by atomic mass is 10.1. The first kappa shape index (κ1) is 8.78. The molecule has 0 fully saturated rings. The lowest BCUT2D eigenvalue weighted by Crippen LogP contribution is -1.95. The zero-order chi connectivity index (χ0) is 8.97. The Morgan fingerprint density at radius 2 is 2.00 bits per heavy atom. The van der Waals surface area contributed by atoms with Crippen LogP contribution in [0.25, 0.3) is 0 Å². The molecule has 1 aromatic carbocycles. The average molecular weight is 163 g/mol. The summed E-state index contributed by atoms with van der Waals surface area (Å²) in [5, 5.41) is 0. The Morgan fingerprint density at radius 3 is 2.42 bits per heavy atom. The molecule has 2 nitrogen and oxygen atoms in total. The van der Waals surface area contributed by atoms with E-state index in [1.807, 2.05) is 6.92 Å². The van der Waals surface area contributed by atoms with Crippen molar-refractivity contribution in [3.8, 4) is 5.75 Å². The number of hydrogen-bond acceptors (Lipinski definition) is 2. The van der Waals surface area contributed by atoms with Crippen LogP contribution in [-0.2, 0) is 0 Å². The van der Waals surface area contributed by atoms with Crippen molar-refractivity contribution >= 4 is 5.78 Å². The first-order valence-electron chi connectivity index (χ1n) is 3.83. The van der Waals surface area contributed by atoms with Crippen LogP contribution >= 0.6 is 0 Å². The van der Waals surface area contributed by atoms with Crippen LogP contribution in [0.15, 0.2) is 24.3 Å². The quantitative estimate of drug-likeness (QED) is 0.640. The Morgan fingerprint density at radius 1 is 1.42 bits per heavy atom. The third kappa shape index (κ3) is 1.84. The lowest BCUT2D eigenvalue weighted by molar-refractivity contribution is 0.0988. The monoisotopic (exact) mass is 163 g/mol. The lowest BCUT2D eigenvalue weighted by Gasteiger charge is -2.00. The molecule has 2 heteroatoms. The summed E-state index contributed by atoms with van der Waals surface area (Å²) >= 11 is 0. The van der Waals surface area contributed by atoms with Crippen LogP contribution in [0.1, 0.15) is 23.7 Å². The SMILES string of the molecule is [CH2]Oc1ccc(C(=O)CC)cc1. The summed E-state index contributed by atoms with van der Waals surface area (Å²) in [4.78, 5) is 11.2. The van der Waals surface area contributed by atoms with E-state index in [2.05, 4.69) is 7.11 Å². The highest BCUT2D eigenvalue weighted by Crippen LogP contribution is 2.12. The van der Waals surface area contributed by atoms with Crippen molar-refractivity contribution in [3.63, 3.8) is 0 Å². The molecule has 12 heavy (non-hydrogen) atoms. The fourth-order valence-electron chi connectivity index (χ4n) is 0.941. The minimum Gasteiger partial charge on any atom is -0.490 e. The maximum Gasteiger partial charge on any atom is 0.162 e. The van der Waals surface area contributed by atoms with Gasteiger partial charge in [0.15, 0.2) is 5.78 Å². The van der Waals surface area contributed by atoms with E-state index in [1.54, 1.807) is 24.3 Å². The van der Waals surface area contributed by atoms with Gasteiger partial charge in [0.1, 0.15) is 12.9 Å². The van der Waals surface area contributed by atoms with Crippen LogP contribution in [-0.4, -0.2) is 5.78 Å². The molecule has 0 amide bonds. The summed E-state index contributed by atoms with van der Waals surface area (Å²) in [6, 6.07) is 6.95. The molecule has 0 aliphatic carbocycles. The molecule has 0 atom stereocenters. The van der Waals surface area contributed by atoms with E-state index >= 15 is 0 Å². The molecule has 0 heterocycles. The molecular formula is C10H11O2. The van der Waals surface area contributed by atoms with Gasteiger partial charge in [-0.1, -0.05) is 6.92 Å². The zero-order valence-corrected chi connectivity index (χ0v) is 7.04. The summed E-state index contributed by atoms with van der Waals surface area (Å²) < 4.78 is 4.72. The predicted molar refractivity (Wildman–Crippen MR) is 47.0 cm³/mol. The molecule has 0 bridgehead atoms. The molecule has 63 valence electrons. The maximum absolute atomic E-state index is 11.2. The van der Waals surface area contributed by atoms with E-state index in [0.29, 0.717) is 12.2 Å². The second-order valence-corrected chi connectivity index (χ2v) is 2.45. The van der Waals surface area contributed by atoms with Crippen LogP contribution in [0.2, 0.25) is 0 Å². The van der Waals surface area contributed by atoms with Gasteiger partial charge in [-0.15, -0.1) is 0 Å². The first-order valence-corrected chi connectivity index (χ1v) is 3.83. The highest BCUT2D eigenvalue weighted by atomic mass is 16.5. The largest absolute Gasteiger partial charge is 0.490 e. The summed E-state index contributed by atoms with van der Waals surface area (Å²) in [6.07, 6.45) is 0.532. The first-order chi connectivity index (χ1) is 5.77. The molecule has 1 rings (SSSR count). The third-order valence-electron chi connectivity index (χ3n) is 1.66. The van der Waals surface area contributed by atoms with Crippen LogP contribution < -0.4 is 4.74 Å². The average Bonchev–Trinajstić information content (AvgIpc) is 2.17. The second kappa shape index (κ2) is 3.90. The Bertz CT molecular complexity index is 262. The molecule has 0 N–H and O–H groups in total. The number of carbonyl (C=O) groups excluding carboxylic acids is 1. The predicted octanol–water partition coefficient (Wildman–Crippen LogP) is 2.45. The van der Waals surface area contributed by atoms with Crippen molar-refractivity contribution in [2.45, 2.75) is 13.3 Å². The molecule has 0 aromatic heterocycles. The Kier molecular flexibility index (Phi) is 2.86. The van der Waals surface area contributed by atoms with E-state index in [9.17, 15) is 4.79 Å². The fourth-order valence-corrected chi connectivity index (χ4v) is 0.941. The summed E-state index contributed by atoms with van der Waals surface area (Å²) in [5.41, 5.74) is 0.721. The Labute approximate surface area is 72.2 Å². The number of ether oxygens (including phenoxy) is 1. The van der Waals surface area contributed by atoms with Crippen LogP contribution in [0, 0.1) is 7.11 Å². The highest BCUT2D eigenvalue weighted by Gasteiger charge is 2.01. The number of hydrogen-bond donors (Lipinski definition) is 0. The van der Waals surface area contributed by atoms with E-state index in [1.165, 1.54) is 0 Å². The fraction of sp³-hybridized carbons (Fsp3) is 0.200. The minimum absolute atomic E-state index is 0.144. The van der Waals surface area contributed by atoms with Crippen molar-refractivity contribution in [2.24, 2.45) is 0 Å². The van der Waals surface area contributed by atoms with Gasteiger partial charge in [0.25, 0.3) is 0 Å². The summed E-state index contributed by atoms with van der Waals surface area (Å²) in [5.74, 6) is 0.813. The molecule has 0 unspecified atom stereocenters. The summed E-state index contributed by atoms with van der Waals surface area (Å²) in [7, 11) is 3.27. The van der Waals surface area contributed by atoms with E-state index in [-0.39, 0.29) is 5.78 Å². The molecule has 0 spiro atoms. The minimum atomic E-state index is 0.144. The molecule has 1 radical (unpaired) electrons. The third-order valence-corrected chi connectivity index (χ3v) is 1.66. The van der Waals surface area contributed by atoms with Crippen LogP contribution in [0.5, 0.6) is 5.75 Å². The standard InChI is InChI=1S/C10H11O2/c1-3-10(11)8-4-6-9(12-2)7-5-8/h4-7H,2-3H2,1H3. The molecular weight excluding hydrogens is 152 g/mol. The molecule has 0 aliphatic heterocycles. The van der Waals surface area contributed by atoms with Gasteiger partial charge in [0, 0.05) is 12.0 Å². The van der Waals surface area contributed by atoms with Gasteiger partial charge in [0.05, 0.1) is 0 Å². The number of ketones is 1. The van der Waals surface area contributed by atoms with Gasteiger partial charge in [0.2, 0.25) is 0 Å². The van der Waals surface area contributed by atoms with E-state index in [4.69, 9.17) is 4.74 Å². The zero-order valence-electron chi connectivity index (χ0n) is 7.04. The molecule has 0 saturated heterocycles. The maximum atomic E-state index is 11.2. The molecule has 1 aromatic rings. The van der Waals surface area contributed by atoms with Gasteiger partial charge in [-0.05, 0) is 24.3 Å². The molecule has 0 saturated carbocycles. The van der Waals surface area contributed by atoms with Crippen molar-refractivity contribution in [1.82, 2.24) is 0 Å². The smallest absolute Gasteiger partial charge is 0.162 e. The normalized spacial score (nSPS) is 9.50. The number of carbonyl (C=O) groups is 1. The van der Waals surface area contributed by atoms with Gasteiger partial charge >= 0.3 is 0 Å². The number of rotatable bonds is 3. The van der Waals surface area contributed by atoms with Gasteiger partial charge in [-0.25, -0.2) is 0 Å². The van der Waals surface area contributed by atoms with E-state index in [0.717, 1.165) is 5.56 Å². The van der Waals surface area contributed by atoms with Gasteiger partial charge < -0.3 is 4.74 Å². The second-order valence-electron chi connectivity index (χ2n) is 2.45. The number of Topliss-reactive ketones (excluding diaryl/α,β-unsaturated/α-hetero) is 1. The van der Waals surface area contributed by atoms with Crippen molar-refractivity contribution in [1.29, 1.82) is 0 Å². The molecule has 0 aliphatic rings. The number of benzene rings is 1. The van der Waals surface area contributed by atoms with Crippen molar-refractivity contribution < 1.29 is 9.53 Å². The van der Waals surface area contributed by atoms with E-state index < -0.39 is 0 Å². The van der Waals surface area contributed by atoms with Crippen LogP contribution in [0.4, 0.5) is 0 Å². The van der Waals surface area contributed by atoms with Crippen molar-refractivity contribution in [3.05, 3.63) is 36.9 Å². The summed E-state index contributed by atoms with van der Waals surface area (Å²) in [6.45, 7) is 1.84. The van der Waals surface area contributed by atoms with Crippen LogP contribution in [0.3, 0.4) is 0 Å².